The second kappa shape index (κ2) is 9.14. The van der Waals surface area contributed by atoms with E-state index >= 15 is 0 Å². The predicted molar refractivity (Wildman–Crippen MR) is 103 cm³/mol. The van der Waals surface area contributed by atoms with Crippen molar-refractivity contribution in [1.29, 1.82) is 0 Å². The molecule has 7 nitrogen and oxygen atoms in total. The zero-order valence-electron chi connectivity index (χ0n) is 16.2. The van der Waals surface area contributed by atoms with Crippen LogP contribution in [0.4, 0.5) is 11.9 Å². The van der Waals surface area contributed by atoms with Crippen molar-refractivity contribution >= 4 is 17.8 Å². The average Bonchev–Trinajstić information content (AvgIpc) is 3.20. The Morgan fingerprint density at radius 3 is 2.50 bits per heavy atom. The van der Waals surface area contributed by atoms with Gasteiger partial charge in [0.05, 0.1) is 6.54 Å². The Bertz CT molecular complexity index is 594. The van der Waals surface area contributed by atoms with Crippen LogP contribution < -0.4 is 15.1 Å². The Hall–Kier alpha value is -1.92. The van der Waals surface area contributed by atoms with Gasteiger partial charge >= 0.3 is 0 Å². The lowest BCUT2D eigenvalue weighted by Crippen LogP contribution is -2.27. The summed E-state index contributed by atoms with van der Waals surface area (Å²) in [5.41, 5.74) is 0. The van der Waals surface area contributed by atoms with Crippen molar-refractivity contribution in [3.05, 3.63) is 5.82 Å². The van der Waals surface area contributed by atoms with E-state index in [-0.39, 0.29) is 5.91 Å². The molecule has 1 aromatic rings. The van der Waals surface area contributed by atoms with Gasteiger partial charge in [0, 0.05) is 33.6 Å². The SMILES string of the molecule is CN(C)c1nc(CNC(=O)CCC2CCCCC2)nc(N2CCCC2)n1. The number of nitrogens with zero attached hydrogens (tertiary/aromatic N) is 5. The van der Waals surface area contributed by atoms with Crippen molar-refractivity contribution < 1.29 is 4.79 Å². The van der Waals surface area contributed by atoms with Gasteiger partial charge in [-0.15, -0.1) is 0 Å². The van der Waals surface area contributed by atoms with Crippen LogP contribution in [0.5, 0.6) is 0 Å². The van der Waals surface area contributed by atoms with Crippen LogP contribution in [0.15, 0.2) is 0 Å². The molecule has 1 aliphatic carbocycles. The minimum atomic E-state index is 0.102. The summed E-state index contributed by atoms with van der Waals surface area (Å²) >= 11 is 0. The van der Waals surface area contributed by atoms with Crippen LogP contribution in [0.25, 0.3) is 0 Å². The van der Waals surface area contributed by atoms with E-state index in [0.717, 1.165) is 31.4 Å². The molecule has 1 aromatic heterocycles. The van der Waals surface area contributed by atoms with Crippen molar-refractivity contribution in [1.82, 2.24) is 20.3 Å². The molecule has 1 aliphatic heterocycles. The van der Waals surface area contributed by atoms with Crippen LogP contribution in [-0.2, 0) is 11.3 Å². The molecule has 0 bridgehead atoms. The Morgan fingerprint density at radius 1 is 1.08 bits per heavy atom. The molecule has 1 amide bonds. The van der Waals surface area contributed by atoms with E-state index < -0.39 is 0 Å². The van der Waals surface area contributed by atoms with Gasteiger partial charge in [0.1, 0.15) is 0 Å². The van der Waals surface area contributed by atoms with Crippen LogP contribution in [0, 0.1) is 5.92 Å². The molecule has 7 heteroatoms. The summed E-state index contributed by atoms with van der Waals surface area (Å²) in [7, 11) is 3.85. The van der Waals surface area contributed by atoms with Crippen molar-refractivity contribution in [3.63, 3.8) is 0 Å². The van der Waals surface area contributed by atoms with Crippen LogP contribution in [0.1, 0.15) is 63.6 Å². The fourth-order valence-corrected chi connectivity index (χ4v) is 3.81. The molecular weight excluding hydrogens is 328 g/mol. The first-order chi connectivity index (χ1) is 12.6. The fraction of sp³-hybridized carbons (Fsp3) is 0.789. The van der Waals surface area contributed by atoms with Crippen molar-refractivity contribution in [2.75, 3.05) is 37.0 Å². The number of aromatic nitrogens is 3. The third-order valence-electron chi connectivity index (χ3n) is 5.40. The monoisotopic (exact) mass is 360 g/mol. The predicted octanol–water partition coefficient (Wildman–Crippen LogP) is 2.51. The standard InChI is InChI=1S/C19H32N6O/c1-24(2)18-21-16(22-19(23-18)25-12-6-7-13-25)14-20-17(26)11-10-15-8-4-3-5-9-15/h15H,3-14H2,1-2H3,(H,20,26). The molecule has 3 rings (SSSR count). The van der Waals surface area contributed by atoms with Gasteiger partial charge in [0.25, 0.3) is 0 Å². The number of nitrogens with one attached hydrogen (secondary N) is 1. The van der Waals surface area contributed by atoms with Gasteiger partial charge in [-0.2, -0.15) is 15.0 Å². The maximum absolute atomic E-state index is 12.2. The van der Waals surface area contributed by atoms with Gasteiger partial charge < -0.3 is 15.1 Å². The van der Waals surface area contributed by atoms with E-state index in [1.165, 1.54) is 44.9 Å². The lowest BCUT2D eigenvalue weighted by Gasteiger charge is -2.21. The molecule has 2 fully saturated rings. The van der Waals surface area contributed by atoms with Crippen LogP contribution in [0.2, 0.25) is 0 Å². The zero-order chi connectivity index (χ0) is 18.4. The first kappa shape index (κ1) is 18.9. The van der Waals surface area contributed by atoms with Crippen LogP contribution >= 0.6 is 0 Å². The summed E-state index contributed by atoms with van der Waals surface area (Å²) in [6, 6.07) is 0. The molecule has 26 heavy (non-hydrogen) atoms. The molecule has 144 valence electrons. The normalized spacial score (nSPS) is 18.2. The topological polar surface area (TPSA) is 74.2 Å². The molecule has 0 radical (unpaired) electrons. The molecule has 1 saturated heterocycles. The minimum absolute atomic E-state index is 0.102. The highest BCUT2D eigenvalue weighted by molar-refractivity contribution is 5.75. The summed E-state index contributed by atoms with van der Waals surface area (Å²) in [6.07, 6.45) is 10.5. The summed E-state index contributed by atoms with van der Waals surface area (Å²) in [6.45, 7) is 2.35. The Kier molecular flexibility index (Phi) is 6.63. The van der Waals surface area contributed by atoms with Gasteiger partial charge in [-0.05, 0) is 25.2 Å². The highest BCUT2D eigenvalue weighted by atomic mass is 16.1. The largest absolute Gasteiger partial charge is 0.349 e. The third kappa shape index (κ3) is 5.29. The quantitative estimate of drug-likeness (QED) is 0.805. The van der Waals surface area contributed by atoms with Crippen molar-refractivity contribution in [2.24, 2.45) is 5.92 Å². The summed E-state index contributed by atoms with van der Waals surface area (Å²) in [5, 5.41) is 2.99. The van der Waals surface area contributed by atoms with E-state index in [0.29, 0.717) is 24.7 Å². The maximum Gasteiger partial charge on any atom is 0.230 e. The van der Waals surface area contributed by atoms with E-state index in [1.807, 2.05) is 19.0 Å². The molecule has 0 aromatic carbocycles. The minimum Gasteiger partial charge on any atom is -0.349 e. The summed E-state index contributed by atoms with van der Waals surface area (Å²) < 4.78 is 0. The van der Waals surface area contributed by atoms with Gasteiger partial charge in [0.15, 0.2) is 5.82 Å². The molecule has 1 N–H and O–H groups in total. The first-order valence-corrected chi connectivity index (χ1v) is 10.1. The van der Waals surface area contributed by atoms with Crippen molar-refractivity contribution in [3.8, 4) is 0 Å². The summed E-state index contributed by atoms with van der Waals surface area (Å²) in [5.74, 6) is 2.84. The zero-order valence-corrected chi connectivity index (χ0v) is 16.2. The van der Waals surface area contributed by atoms with Crippen molar-refractivity contribution in [2.45, 2.75) is 64.3 Å². The molecule has 1 saturated carbocycles. The number of amides is 1. The fourth-order valence-electron chi connectivity index (χ4n) is 3.81. The van der Waals surface area contributed by atoms with E-state index in [1.54, 1.807) is 0 Å². The number of rotatable bonds is 7. The Labute approximate surface area is 156 Å². The summed E-state index contributed by atoms with van der Waals surface area (Å²) in [4.78, 5) is 29.9. The number of carbonyl (C=O) groups is 1. The smallest absolute Gasteiger partial charge is 0.230 e. The Morgan fingerprint density at radius 2 is 1.81 bits per heavy atom. The van der Waals surface area contributed by atoms with E-state index in [4.69, 9.17) is 0 Å². The average molecular weight is 361 g/mol. The Balaban J connectivity index is 1.54. The third-order valence-corrected chi connectivity index (χ3v) is 5.40. The van der Waals surface area contributed by atoms with Gasteiger partial charge in [-0.3, -0.25) is 4.79 Å². The maximum atomic E-state index is 12.2. The van der Waals surface area contributed by atoms with Crippen LogP contribution in [0.3, 0.4) is 0 Å². The van der Waals surface area contributed by atoms with E-state index in [2.05, 4.69) is 25.2 Å². The highest BCUT2D eigenvalue weighted by Crippen LogP contribution is 2.27. The number of hydrogen-bond donors (Lipinski definition) is 1. The number of anilines is 2. The molecule has 0 unspecified atom stereocenters. The molecule has 2 aliphatic rings. The lowest BCUT2D eigenvalue weighted by molar-refractivity contribution is -0.121. The molecule has 0 atom stereocenters. The van der Waals surface area contributed by atoms with Gasteiger partial charge in [-0.1, -0.05) is 32.1 Å². The number of hydrogen-bond acceptors (Lipinski definition) is 6. The molecule has 2 heterocycles. The first-order valence-electron chi connectivity index (χ1n) is 10.1. The van der Waals surface area contributed by atoms with Gasteiger partial charge in [0.2, 0.25) is 17.8 Å². The van der Waals surface area contributed by atoms with Gasteiger partial charge in [-0.25, -0.2) is 0 Å². The van der Waals surface area contributed by atoms with Crippen LogP contribution in [-0.4, -0.2) is 48.0 Å². The number of carbonyl (C=O) groups excluding carboxylic acids is 1. The molecular formula is C19H32N6O. The van der Waals surface area contributed by atoms with E-state index in [9.17, 15) is 4.79 Å². The lowest BCUT2D eigenvalue weighted by atomic mass is 9.86. The highest BCUT2D eigenvalue weighted by Gasteiger charge is 2.19. The molecule has 0 spiro atoms. The second-order valence-corrected chi connectivity index (χ2v) is 7.76. The second-order valence-electron chi connectivity index (χ2n) is 7.76.